The Morgan fingerprint density at radius 3 is 2.33 bits per heavy atom. The molecule has 0 spiro atoms. The lowest BCUT2D eigenvalue weighted by Crippen LogP contribution is -2.22. The Kier molecular flexibility index (Phi) is 4.34. The SMILES string of the molecule is CC(Oc1ccc2nc(-c3ccccc3)n(-c3ccccc3)c2c1)C(=O)O. The van der Waals surface area contributed by atoms with Crippen LogP contribution in [0.1, 0.15) is 6.92 Å². The summed E-state index contributed by atoms with van der Waals surface area (Å²) in [5, 5.41) is 9.10. The van der Waals surface area contributed by atoms with Gasteiger partial charge in [-0.05, 0) is 31.2 Å². The lowest BCUT2D eigenvalue weighted by molar-refractivity contribution is -0.144. The molecule has 1 atom stereocenters. The van der Waals surface area contributed by atoms with Crippen LogP contribution in [0.15, 0.2) is 78.9 Å². The molecule has 5 nitrogen and oxygen atoms in total. The van der Waals surface area contributed by atoms with Crippen molar-refractivity contribution < 1.29 is 14.6 Å². The van der Waals surface area contributed by atoms with Crippen LogP contribution in [-0.4, -0.2) is 26.7 Å². The summed E-state index contributed by atoms with van der Waals surface area (Å²) in [6, 6.07) is 25.3. The molecule has 1 unspecified atom stereocenters. The number of para-hydroxylation sites is 1. The average molecular weight is 358 g/mol. The van der Waals surface area contributed by atoms with E-state index in [4.69, 9.17) is 14.8 Å². The number of aliphatic carboxylic acids is 1. The van der Waals surface area contributed by atoms with Gasteiger partial charge in [-0.3, -0.25) is 4.57 Å². The van der Waals surface area contributed by atoms with Gasteiger partial charge in [-0.1, -0.05) is 48.5 Å². The number of carboxylic acids is 1. The van der Waals surface area contributed by atoms with E-state index >= 15 is 0 Å². The smallest absolute Gasteiger partial charge is 0.344 e. The number of ether oxygens (including phenoxy) is 1. The van der Waals surface area contributed by atoms with Crippen LogP contribution in [0.2, 0.25) is 0 Å². The maximum Gasteiger partial charge on any atom is 0.344 e. The quantitative estimate of drug-likeness (QED) is 0.569. The topological polar surface area (TPSA) is 64.4 Å². The van der Waals surface area contributed by atoms with Gasteiger partial charge in [-0.2, -0.15) is 0 Å². The first-order valence-corrected chi connectivity index (χ1v) is 8.66. The van der Waals surface area contributed by atoms with Crippen LogP contribution in [0.3, 0.4) is 0 Å². The number of fused-ring (bicyclic) bond motifs is 1. The molecular formula is C22H18N2O3. The van der Waals surface area contributed by atoms with Gasteiger partial charge in [-0.25, -0.2) is 9.78 Å². The summed E-state index contributed by atoms with van der Waals surface area (Å²) in [5.41, 5.74) is 3.64. The van der Waals surface area contributed by atoms with Crippen molar-refractivity contribution in [2.24, 2.45) is 0 Å². The van der Waals surface area contributed by atoms with Crippen molar-refractivity contribution in [1.29, 1.82) is 0 Å². The van der Waals surface area contributed by atoms with Crippen LogP contribution < -0.4 is 4.74 Å². The van der Waals surface area contributed by atoms with E-state index in [-0.39, 0.29) is 0 Å². The van der Waals surface area contributed by atoms with Gasteiger partial charge >= 0.3 is 5.97 Å². The highest BCUT2D eigenvalue weighted by molar-refractivity contribution is 5.84. The van der Waals surface area contributed by atoms with Gasteiger partial charge < -0.3 is 9.84 Å². The Bertz CT molecular complexity index is 1090. The summed E-state index contributed by atoms with van der Waals surface area (Å²) < 4.78 is 7.61. The third-order valence-electron chi connectivity index (χ3n) is 4.33. The number of benzene rings is 3. The molecule has 0 radical (unpaired) electrons. The summed E-state index contributed by atoms with van der Waals surface area (Å²) in [6.07, 6.45) is -0.927. The van der Waals surface area contributed by atoms with E-state index in [2.05, 4.69) is 4.57 Å². The summed E-state index contributed by atoms with van der Waals surface area (Å²) in [5.74, 6) is 0.311. The van der Waals surface area contributed by atoms with Crippen LogP contribution in [-0.2, 0) is 4.79 Å². The molecule has 0 saturated heterocycles. The zero-order chi connectivity index (χ0) is 18.8. The lowest BCUT2D eigenvalue weighted by Gasteiger charge is -2.12. The highest BCUT2D eigenvalue weighted by Crippen LogP contribution is 2.31. The van der Waals surface area contributed by atoms with Gasteiger partial charge in [0.2, 0.25) is 0 Å². The van der Waals surface area contributed by atoms with E-state index in [9.17, 15) is 4.79 Å². The second-order valence-corrected chi connectivity index (χ2v) is 6.22. The molecule has 4 rings (SSSR count). The van der Waals surface area contributed by atoms with Crippen molar-refractivity contribution in [3.8, 4) is 22.8 Å². The van der Waals surface area contributed by atoms with Crippen molar-refractivity contribution in [1.82, 2.24) is 9.55 Å². The number of carbonyl (C=O) groups is 1. The molecule has 0 amide bonds. The zero-order valence-corrected chi connectivity index (χ0v) is 14.7. The third-order valence-corrected chi connectivity index (χ3v) is 4.33. The van der Waals surface area contributed by atoms with Crippen LogP contribution in [0.5, 0.6) is 5.75 Å². The third kappa shape index (κ3) is 3.27. The van der Waals surface area contributed by atoms with Gasteiger partial charge in [0.1, 0.15) is 11.6 Å². The molecule has 0 aliphatic carbocycles. The van der Waals surface area contributed by atoms with Gasteiger partial charge in [0.15, 0.2) is 6.10 Å². The van der Waals surface area contributed by atoms with Crippen LogP contribution in [0.25, 0.3) is 28.1 Å². The number of rotatable bonds is 5. The van der Waals surface area contributed by atoms with Crippen molar-refractivity contribution >= 4 is 17.0 Å². The summed E-state index contributed by atoms with van der Waals surface area (Å²) in [6.45, 7) is 1.51. The minimum Gasteiger partial charge on any atom is -0.479 e. The molecule has 1 N–H and O–H groups in total. The predicted molar refractivity (Wildman–Crippen MR) is 104 cm³/mol. The molecule has 4 aromatic rings. The fraction of sp³-hybridized carbons (Fsp3) is 0.0909. The van der Waals surface area contributed by atoms with Gasteiger partial charge in [0, 0.05) is 17.3 Å². The number of carboxylic acid groups (broad SMARTS) is 1. The summed E-state index contributed by atoms with van der Waals surface area (Å²) in [4.78, 5) is 15.9. The number of imidazole rings is 1. The molecular weight excluding hydrogens is 340 g/mol. The second-order valence-electron chi connectivity index (χ2n) is 6.22. The summed E-state index contributed by atoms with van der Waals surface area (Å²) in [7, 11) is 0. The van der Waals surface area contributed by atoms with Crippen molar-refractivity contribution in [3.05, 3.63) is 78.9 Å². The van der Waals surface area contributed by atoms with Crippen molar-refractivity contribution in [3.63, 3.8) is 0 Å². The molecule has 0 aliphatic rings. The standard InChI is InChI=1S/C22H18N2O3/c1-15(22(25)26)27-18-12-13-19-20(14-18)24(17-10-6-3-7-11-17)21(23-19)16-8-4-2-5-9-16/h2-15H,1H3,(H,25,26). The first kappa shape index (κ1) is 16.8. The fourth-order valence-corrected chi connectivity index (χ4v) is 3.00. The number of aromatic nitrogens is 2. The molecule has 0 fully saturated rings. The summed E-state index contributed by atoms with van der Waals surface area (Å²) >= 11 is 0. The second kappa shape index (κ2) is 6.96. The van der Waals surface area contributed by atoms with E-state index in [1.54, 1.807) is 6.07 Å². The Hall–Kier alpha value is -3.60. The number of hydrogen-bond donors (Lipinski definition) is 1. The van der Waals surface area contributed by atoms with E-state index in [0.29, 0.717) is 5.75 Å². The monoisotopic (exact) mass is 358 g/mol. The van der Waals surface area contributed by atoms with Crippen LogP contribution >= 0.6 is 0 Å². The van der Waals surface area contributed by atoms with E-state index in [1.165, 1.54) is 6.92 Å². The van der Waals surface area contributed by atoms with Gasteiger partial charge in [-0.15, -0.1) is 0 Å². The highest BCUT2D eigenvalue weighted by Gasteiger charge is 2.17. The normalized spacial score (nSPS) is 12.0. The Morgan fingerprint density at radius 1 is 1.00 bits per heavy atom. The molecule has 1 heterocycles. The molecule has 3 aromatic carbocycles. The molecule has 0 saturated carbocycles. The van der Waals surface area contributed by atoms with E-state index < -0.39 is 12.1 Å². The van der Waals surface area contributed by atoms with Gasteiger partial charge in [0.05, 0.1) is 11.0 Å². The highest BCUT2D eigenvalue weighted by atomic mass is 16.5. The molecule has 5 heteroatoms. The van der Waals surface area contributed by atoms with E-state index in [1.807, 2.05) is 72.8 Å². The van der Waals surface area contributed by atoms with Crippen molar-refractivity contribution in [2.75, 3.05) is 0 Å². The molecule has 0 bridgehead atoms. The van der Waals surface area contributed by atoms with Crippen molar-refractivity contribution in [2.45, 2.75) is 13.0 Å². The fourth-order valence-electron chi connectivity index (χ4n) is 3.00. The first-order chi connectivity index (χ1) is 13.1. The maximum atomic E-state index is 11.1. The van der Waals surface area contributed by atoms with Gasteiger partial charge in [0.25, 0.3) is 0 Å². The Balaban J connectivity index is 1.92. The predicted octanol–water partition coefficient (Wildman–Crippen LogP) is 4.54. The minimum absolute atomic E-state index is 0.495. The number of hydrogen-bond acceptors (Lipinski definition) is 3. The van der Waals surface area contributed by atoms with Crippen LogP contribution in [0, 0.1) is 0 Å². The minimum atomic E-state index is -1.00. The van der Waals surface area contributed by atoms with Crippen LogP contribution in [0.4, 0.5) is 0 Å². The molecule has 27 heavy (non-hydrogen) atoms. The van der Waals surface area contributed by atoms with E-state index in [0.717, 1.165) is 28.1 Å². The Morgan fingerprint density at radius 2 is 1.67 bits per heavy atom. The average Bonchev–Trinajstić information content (AvgIpc) is 3.08. The molecule has 1 aromatic heterocycles. The first-order valence-electron chi connectivity index (χ1n) is 8.66. The Labute approximate surface area is 156 Å². The molecule has 134 valence electrons. The molecule has 0 aliphatic heterocycles. The lowest BCUT2D eigenvalue weighted by atomic mass is 10.2. The largest absolute Gasteiger partial charge is 0.479 e. The maximum absolute atomic E-state index is 11.1. The number of nitrogens with zero attached hydrogens (tertiary/aromatic N) is 2. The zero-order valence-electron chi connectivity index (χ0n) is 14.7.